The molecule has 1 heterocycles. The quantitative estimate of drug-likeness (QED) is 0.178. The van der Waals surface area contributed by atoms with E-state index in [-0.39, 0.29) is 60.0 Å². The highest BCUT2D eigenvalue weighted by Gasteiger charge is 2.25. The number of hydrogen-bond donors (Lipinski definition) is 3. The predicted octanol–water partition coefficient (Wildman–Crippen LogP) is 6.75. The molecule has 0 spiro atoms. The molecule has 0 aliphatic rings. The lowest BCUT2D eigenvalue weighted by Crippen LogP contribution is -2.18. The van der Waals surface area contributed by atoms with Crippen molar-refractivity contribution in [2.75, 3.05) is 10.6 Å². The van der Waals surface area contributed by atoms with E-state index in [2.05, 4.69) is 15.6 Å². The summed E-state index contributed by atoms with van der Waals surface area (Å²) in [6, 6.07) is 32.9. The van der Waals surface area contributed by atoms with Crippen molar-refractivity contribution in [1.29, 1.82) is 0 Å². The number of carbonyl (C=O) groups is 2. The van der Waals surface area contributed by atoms with E-state index in [9.17, 15) is 28.8 Å². The summed E-state index contributed by atoms with van der Waals surface area (Å²) in [6.45, 7) is 0. The van der Waals surface area contributed by atoms with E-state index in [1.54, 1.807) is 115 Å². The van der Waals surface area contributed by atoms with Gasteiger partial charge in [-0.05, 0) is 36.4 Å². The minimum atomic E-state index is -0.533. The highest BCUT2D eigenvalue weighted by molar-refractivity contribution is 6.30. The average molecular weight is 666 g/mol. The second kappa shape index (κ2) is 11.1. The molecule has 8 aromatic carbocycles. The van der Waals surface area contributed by atoms with Crippen molar-refractivity contribution in [3.63, 3.8) is 0 Å². The summed E-state index contributed by atoms with van der Waals surface area (Å²) >= 11 is 0. The molecule has 2 amide bonds. The second-order valence-corrected chi connectivity index (χ2v) is 12.4. The van der Waals surface area contributed by atoms with Gasteiger partial charge in [0.2, 0.25) is 0 Å². The predicted molar refractivity (Wildman–Crippen MR) is 202 cm³/mol. The summed E-state index contributed by atoms with van der Waals surface area (Å²) in [7, 11) is 0. The van der Waals surface area contributed by atoms with Gasteiger partial charge in [-0.15, -0.1) is 0 Å². The normalized spacial score (nSPS) is 11.6. The molecule has 0 aliphatic carbocycles. The Morgan fingerprint density at radius 1 is 0.431 bits per heavy atom. The second-order valence-electron chi connectivity index (χ2n) is 12.4. The average Bonchev–Trinajstić information content (AvgIpc) is 3.54. The minimum absolute atomic E-state index is 0.00114. The topological polar surface area (TPSA) is 142 Å². The Hall–Kier alpha value is -7.26. The van der Waals surface area contributed by atoms with Crippen molar-refractivity contribution in [3.8, 4) is 0 Å². The van der Waals surface area contributed by atoms with Gasteiger partial charge in [0.15, 0.2) is 21.7 Å². The fourth-order valence-corrected chi connectivity index (χ4v) is 7.17. The maximum atomic E-state index is 14.3. The molecule has 9 rings (SSSR count). The summed E-state index contributed by atoms with van der Waals surface area (Å²) in [4.78, 5) is 87.4. The van der Waals surface area contributed by atoms with Crippen LogP contribution in [0.2, 0.25) is 0 Å². The number of rotatable bonds is 4. The summed E-state index contributed by atoms with van der Waals surface area (Å²) < 4.78 is 0. The van der Waals surface area contributed by atoms with Crippen LogP contribution in [0.3, 0.4) is 0 Å². The minimum Gasteiger partial charge on any atom is -0.354 e. The highest BCUT2D eigenvalue weighted by atomic mass is 16.2. The van der Waals surface area contributed by atoms with Gasteiger partial charge in [-0.3, -0.25) is 28.8 Å². The molecule has 0 atom stereocenters. The molecule has 242 valence electrons. The molecule has 0 saturated carbocycles. The summed E-state index contributed by atoms with van der Waals surface area (Å²) in [5, 5.41) is 7.35. The third kappa shape index (κ3) is 4.42. The third-order valence-corrected chi connectivity index (χ3v) is 9.50. The fourth-order valence-electron chi connectivity index (χ4n) is 7.17. The molecule has 0 bridgehead atoms. The molecular weight excluding hydrogens is 642 g/mol. The number of nitrogens with one attached hydrogen (secondary N) is 3. The van der Waals surface area contributed by atoms with Crippen molar-refractivity contribution < 1.29 is 9.59 Å². The molecule has 0 fully saturated rings. The van der Waals surface area contributed by atoms with E-state index < -0.39 is 33.5 Å². The first kappa shape index (κ1) is 29.8. The van der Waals surface area contributed by atoms with Gasteiger partial charge in [-0.2, -0.15) is 0 Å². The van der Waals surface area contributed by atoms with Gasteiger partial charge in [0.05, 0.1) is 33.1 Å². The van der Waals surface area contributed by atoms with E-state index in [0.29, 0.717) is 27.4 Å². The van der Waals surface area contributed by atoms with Crippen LogP contribution in [0.1, 0.15) is 20.7 Å². The number of aromatic nitrogens is 1. The molecule has 3 N–H and O–H groups in total. The number of H-pyrrole nitrogens is 1. The number of carbonyl (C=O) groups excluding carboxylic acids is 2. The SMILES string of the molecule is O=C(Nc1cc2c([nH]c3cc4c(=O)c5ccccc5c(=O)c4c(NC(=O)c4ccccc4)c32)c2c(=O)c3ccccc3c(=O)c12)c1ccccc1. The summed E-state index contributed by atoms with van der Waals surface area (Å²) in [5.41, 5.74) is -0.424. The van der Waals surface area contributed by atoms with Gasteiger partial charge < -0.3 is 15.6 Å². The lowest BCUT2D eigenvalue weighted by atomic mass is 9.95. The molecule has 9 aromatic rings. The zero-order valence-corrected chi connectivity index (χ0v) is 26.5. The molecule has 1 aromatic heterocycles. The van der Waals surface area contributed by atoms with E-state index >= 15 is 0 Å². The van der Waals surface area contributed by atoms with Crippen molar-refractivity contribution in [2.45, 2.75) is 0 Å². The molecule has 9 heteroatoms. The lowest BCUT2D eigenvalue weighted by Gasteiger charge is -2.13. The van der Waals surface area contributed by atoms with Crippen LogP contribution in [-0.2, 0) is 0 Å². The first-order valence-electron chi connectivity index (χ1n) is 16.1. The Kier molecular flexibility index (Phi) is 6.52. The standard InChI is InChI=1S/C42H23N3O6/c46-37-23-15-7-8-16-24(23)38(47)32-28(37)20-29-31(36(32)45-42(51)22-13-5-2-6-14-22)27-19-30(44-41(50)21-11-3-1-4-12-21)33-34(35(27)43-29)40(49)26-18-10-9-17-25(26)39(33)48/h1-20,43H,(H,44,50)(H,45,51). The maximum absolute atomic E-state index is 14.3. The molecule has 0 saturated heterocycles. The van der Waals surface area contributed by atoms with Gasteiger partial charge >= 0.3 is 0 Å². The van der Waals surface area contributed by atoms with Crippen LogP contribution in [0.5, 0.6) is 0 Å². The fraction of sp³-hybridized carbons (Fsp3) is 0. The van der Waals surface area contributed by atoms with Gasteiger partial charge in [-0.1, -0.05) is 84.9 Å². The molecule has 51 heavy (non-hydrogen) atoms. The number of benzene rings is 8. The van der Waals surface area contributed by atoms with Crippen molar-refractivity contribution >= 4 is 88.1 Å². The highest BCUT2D eigenvalue weighted by Crippen LogP contribution is 2.40. The zero-order chi connectivity index (χ0) is 35.0. The third-order valence-electron chi connectivity index (χ3n) is 9.50. The van der Waals surface area contributed by atoms with Crippen molar-refractivity contribution in [2.24, 2.45) is 0 Å². The van der Waals surface area contributed by atoms with Crippen LogP contribution >= 0.6 is 0 Å². The van der Waals surface area contributed by atoms with Gasteiger partial charge in [0.25, 0.3) is 11.8 Å². The van der Waals surface area contributed by atoms with Crippen molar-refractivity contribution in [3.05, 3.63) is 173 Å². The lowest BCUT2D eigenvalue weighted by molar-refractivity contribution is 0.101. The van der Waals surface area contributed by atoms with E-state index in [1.807, 2.05) is 0 Å². The number of amides is 2. The number of fused-ring (bicyclic) bond motifs is 8. The Labute approximate surface area is 286 Å². The Morgan fingerprint density at radius 3 is 1.47 bits per heavy atom. The monoisotopic (exact) mass is 665 g/mol. The summed E-state index contributed by atoms with van der Waals surface area (Å²) in [6.07, 6.45) is 0. The van der Waals surface area contributed by atoms with Crippen LogP contribution in [0, 0.1) is 0 Å². The van der Waals surface area contributed by atoms with Gasteiger partial charge in [0.1, 0.15) is 0 Å². The Balaban J connectivity index is 1.47. The summed E-state index contributed by atoms with van der Waals surface area (Å²) in [5.74, 6) is -1.04. The van der Waals surface area contributed by atoms with Crippen LogP contribution < -0.4 is 32.3 Å². The van der Waals surface area contributed by atoms with E-state index in [4.69, 9.17) is 0 Å². The molecule has 9 nitrogen and oxygen atoms in total. The van der Waals surface area contributed by atoms with Crippen molar-refractivity contribution in [1.82, 2.24) is 4.98 Å². The maximum Gasteiger partial charge on any atom is 0.255 e. The van der Waals surface area contributed by atoms with Gasteiger partial charge in [0, 0.05) is 54.3 Å². The van der Waals surface area contributed by atoms with Gasteiger partial charge in [-0.25, -0.2) is 0 Å². The van der Waals surface area contributed by atoms with E-state index in [0.717, 1.165) is 0 Å². The molecule has 0 radical (unpaired) electrons. The molecular formula is C42H23N3O6. The smallest absolute Gasteiger partial charge is 0.255 e. The Morgan fingerprint density at radius 2 is 0.902 bits per heavy atom. The van der Waals surface area contributed by atoms with E-state index in [1.165, 1.54) is 6.07 Å². The largest absolute Gasteiger partial charge is 0.354 e. The first-order chi connectivity index (χ1) is 24.8. The zero-order valence-electron chi connectivity index (χ0n) is 26.5. The number of aromatic amines is 1. The molecule has 0 unspecified atom stereocenters. The molecule has 0 aliphatic heterocycles. The van der Waals surface area contributed by atoms with Crippen LogP contribution in [0.4, 0.5) is 11.4 Å². The first-order valence-corrected chi connectivity index (χ1v) is 16.1. The number of anilines is 2. The Bertz CT molecular complexity index is 3200. The van der Waals surface area contributed by atoms with Crippen LogP contribution in [0.25, 0.3) is 64.9 Å². The van der Waals surface area contributed by atoms with Crippen LogP contribution in [-0.4, -0.2) is 16.8 Å². The number of hydrogen-bond acceptors (Lipinski definition) is 6. The van der Waals surface area contributed by atoms with Crippen LogP contribution in [0.15, 0.2) is 141 Å².